The fourth-order valence-electron chi connectivity index (χ4n) is 9.84. The van der Waals surface area contributed by atoms with Crippen molar-refractivity contribution in [1.29, 1.82) is 0 Å². The van der Waals surface area contributed by atoms with Crippen LogP contribution in [-0.2, 0) is 26.2 Å². The molecule has 0 amide bonds. The number of aromatic hydroxyl groups is 8. The molecule has 0 aromatic heterocycles. The van der Waals surface area contributed by atoms with Crippen molar-refractivity contribution in [2.24, 2.45) is 0 Å². The maximum Gasteiger partial charge on any atom is 0.127 e. The van der Waals surface area contributed by atoms with Gasteiger partial charge in [-0.05, 0) is 102 Å². The van der Waals surface area contributed by atoms with Crippen LogP contribution in [0.4, 0.5) is 0 Å². The molecule has 4 aromatic carbocycles. The first-order chi connectivity index (χ1) is 30.8. The highest BCUT2D eigenvalue weighted by atomic mass is 16.3. The van der Waals surface area contributed by atoms with Crippen molar-refractivity contribution in [2.75, 3.05) is 26.2 Å². The van der Waals surface area contributed by atoms with Crippen molar-refractivity contribution in [2.45, 2.75) is 157 Å². The molecule has 1 aliphatic rings. The summed E-state index contributed by atoms with van der Waals surface area (Å²) in [7, 11) is 0. The maximum absolute atomic E-state index is 12.3. The lowest BCUT2D eigenvalue weighted by molar-refractivity contribution is 0.407. The molecular formula is C52H76N4O8. The van der Waals surface area contributed by atoms with Gasteiger partial charge in [-0.25, -0.2) is 0 Å². The van der Waals surface area contributed by atoms with Gasteiger partial charge in [0.25, 0.3) is 0 Å². The van der Waals surface area contributed by atoms with Gasteiger partial charge in [0.2, 0.25) is 0 Å². The minimum absolute atomic E-state index is 0.115. The molecule has 0 heterocycles. The molecule has 12 nitrogen and oxygen atoms in total. The van der Waals surface area contributed by atoms with Crippen molar-refractivity contribution in [3.63, 3.8) is 0 Å². The lowest BCUT2D eigenvalue weighted by Gasteiger charge is -2.31. The smallest absolute Gasteiger partial charge is 0.127 e. The topological polar surface area (TPSA) is 210 Å². The normalized spacial score (nSPS) is 17.2. The van der Waals surface area contributed by atoms with E-state index in [4.69, 9.17) is 0 Å². The quantitative estimate of drug-likeness (QED) is 0.0375. The summed E-state index contributed by atoms with van der Waals surface area (Å²) < 4.78 is 0. The summed E-state index contributed by atoms with van der Waals surface area (Å²) in [6.45, 7) is 19.1. The van der Waals surface area contributed by atoms with Crippen LogP contribution in [0.3, 0.4) is 0 Å². The molecule has 0 aliphatic heterocycles. The number of benzene rings is 4. The number of fused-ring (bicyclic) bond motifs is 8. The summed E-state index contributed by atoms with van der Waals surface area (Å²) in [4.78, 5) is 0. The number of phenols is 8. The summed E-state index contributed by atoms with van der Waals surface area (Å²) in [6.07, 6.45) is 4.93. The van der Waals surface area contributed by atoms with Crippen molar-refractivity contribution in [3.05, 3.63) is 91.0 Å². The third-order valence-electron chi connectivity index (χ3n) is 13.3. The Hall–Kier alpha value is -4.88. The lowest BCUT2D eigenvalue weighted by Crippen LogP contribution is -2.18. The van der Waals surface area contributed by atoms with Crippen molar-refractivity contribution >= 4 is 0 Å². The number of nitrogens with one attached hydrogen (secondary N) is 4. The highest BCUT2D eigenvalue weighted by Gasteiger charge is 2.36. The first kappa shape index (κ1) is 50.1. The average Bonchev–Trinajstić information content (AvgIpc) is 3.28. The molecule has 12 heteroatoms. The van der Waals surface area contributed by atoms with Crippen molar-refractivity contribution in [1.82, 2.24) is 21.3 Å². The molecule has 8 bridgehead atoms. The first-order valence-corrected chi connectivity index (χ1v) is 23.9. The summed E-state index contributed by atoms with van der Waals surface area (Å²) in [5, 5.41) is 112. The molecule has 0 fully saturated rings. The van der Waals surface area contributed by atoms with Gasteiger partial charge in [-0.15, -0.1) is 0 Å². The second-order valence-electron chi connectivity index (χ2n) is 17.5. The van der Waals surface area contributed by atoms with E-state index in [2.05, 4.69) is 21.3 Å². The predicted octanol–water partition coefficient (Wildman–Crippen LogP) is 9.81. The van der Waals surface area contributed by atoms with Crippen molar-refractivity contribution in [3.8, 4) is 46.0 Å². The highest BCUT2D eigenvalue weighted by Crippen LogP contribution is 2.55. The first-order valence-electron chi connectivity index (χ1n) is 23.9. The van der Waals surface area contributed by atoms with Crippen LogP contribution in [0.2, 0.25) is 0 Å². The number of hydrogen-bond donors (Lipinski definition) is 12. The van der Waals surface area contributed by atoms with E-state index in [0.717, 1.165) is 25.7 Å². The molecule has 0 saturated heterocycles. The molecule has 352 valence electrons. The van der Waals surface area contributed by atoms with Crippen molar-refractivity contribution < 1.29 is 40.9 Å². The Morgan fingerprint density at radius 2 is 0.453 bits per heavy atom. The average molecular weight is 885 g/mol. The Bertz CT molecular complexity index is 1800. The fraction of sp³-hybridized carbons (Fsp3) is 0.538. The van der Waals surface area contributed by atoms with Gasteiger partial charge >= 0.3 is 0 Å². The summed E-state index contributed by atoms with van der Waals surface area (Å²) in [6, 6.07) is 7.14. The second-order valence-corrected chi connectivity index (χ2v) is 17.5. The van der Waals surface area contributed by atoms with E-state index in [1.54, 1.807) is 24.3 Å². The Kier molecular flexibility index (Phi) is 17.9. The summed E-state index contributed by atoms with van der Waals surface area (Å²) in [5.41, 5.74) is 4.90. The minimum atomic E-state index is -0.642. The van der Waals surface area contributed by atoms with Gasteiger partial charge in [0.05, 0.1) is 22.3 Å². The zero-order chi connectivity index (χ0) is 46.8. The van der Waals surface area contributed by atoms with Crippen LogP contribution in [0.1, 0.15) is 197 Å². The van der Waals surface area contributed by atoms with Gasteiger partial charge in [-0.3, -0.25) is 0 Å². The molecular weight excluding hydrogens is 809 g/mol. The molecule has 12 N–H and O–H groups in total. The Morgan fingerprint density at radius 1 is 0.297 bits per heavy atom. The second kappa shape index (κ2) is 22.8. The monoisotopic (exact) mass is 885 g/mol. The zero-order valence-electron chi connectivity index (χ0n) is 39.5. The molecule has 0 unspecified atom stereocenters. The van der Waals surface area contributed by atoms with E-state index < -0.39 is 23.7 Å². The van der Waals surface area contributed by atoms with Gasteiger partial charge < -0.3 is 62.1 Å². The van der Waals surface area contributed by atoms with Crippen LogP contribution in [-0.4, -0.2) is 67.0 Å². The van der Waals surface area contributed by atoms with Crippen LogP contribution in [0.15, 0.2) is 24.3 Å². The molecule has 64 heavy (non-hydrogen) atoms. The Morgan fingerprint density at radius 3 is 0.578 bits per heavy atom. The van der Waals surface area contributed by atoms with Crippen LogP contribution < -0.4 is 21.3 Å². The number of phenolic OH excluding ortho intramolecular Hbond substituents is 8. The molecule has 1 aliphatic carbocycles. The van der Waals surface area contributed by atoms with E-state index in [1.165, 1.54) is 0 Å². The van der Waals surface area contributed by atoms with Gasteiger partial charge in [0, 0.05) is 94.4 Å². The molecule has 0 spiro atoms. The highest BCUT2D eigenvalue weighted by molar-refractivity contribution is 5.67. The van der Waals surface area contributed by atoms with Crippen LogP contribution >= 0.6 is 0 Å². The fourth-order valence-corrected chi connectivity index (χ4v) is 9.84. The molecule has 0 radical (unpaired) electrons. The number of rotatable bonds is 20. The van der Waals surface area contributed by atoms with E-state index in [9.17, 15) is 40.9 Å². The van der Waals surface area contributed by atoms with Gasteiger partial charge in [-0.1, -0.05) is 55.4 Å². The third kappa shape index (κ3) is 9.85. The maximum atomic E-state index is 12.3. The lowest BCUT2D eigenvalue weighted by atomic mass is 9.75. The van der Waals surface area contributed by atoms with Crippen LogP contribution in [0, 0.1) is 0 Å². The van der Waals surface area contributed by atoms with Crippen LogP contribution in [0.25, 0.3) is 0 Å². The van der Waals surface area contributed by atoms with E-state index in [1.807, 2.05) is 55.4 Å². The standard InChI is InChI=1S/C52H76N4O8/c1-9-17-53-25-41-45(57)33-21-34(46(41)58)30(14-6)36-23-38(50(62)43(48(36)60)27-55-19-11-3)32(16-8)40-24-39(51(63)44(52(40)64)28-56-20-12-4)31(15-7)37-22-35(29(33)13-5)47(59)42(49(37)61)26-54-18-10-2/h21-24,29-32,53-64H,9-20,25-28H2,1-8H3. The van der Waals surface area contributed by atoms with Gasteiger partial charge in [-0.2, -0.15) is 0 Å². The molecule has 0 saturated carbocycles. The van der Waals surface area contributed by atoms with E-state index in [-0.39, 0.29) is 94.4 Å². The summed E-state index contributed by atoms with van der Waals surface area (Å²) >= 11 is 0. The summed E-state index contributed by atoms with van der Waals surface area (Å²) in [5.74, 6) is -3.49. The zero-order valence-corrected chi connectivity index (χ0v) is 39.5. The molecule has 0 atom stereocenters. The SMILES string of the molecule is CCCNCc1c(O)c2cc(c1O)C(CC)c1cc(c(O)c(CNCCC)c1O)C(CC)c1cc(c(O)c(CNCCC)c1O)C(CC)c1cc(c(O)c(CNCCC)c1O)C2CC. The largest absolute Gasteiger partial charge is 0.507 e. The van der Waals surface area contributed by atoms with E-state index in [0.29, 0.717) is 96.4 Å². The van der Waals surface area contributed by atoms with E-state index >= 15 is 0 Å². The number of hydrogen-bond acceptors (Lipinski definition) is 12. The molecule has 5 rings (SSSR count). The minimum Gasteiger partial charge on any atom is -0.507 e. The van der Waals surface area contributed by atoms with Gasteiger partial charge in [0.1, 0.15) is 46.0 Å². The third-order valence-corrected chi connectivity index (χ3v) is 13.3. The Balaban J connectivity index is 2.05. The van der Waals surface area contributed by atoms with Gasteiger partial charge in [0.15, 0.2) is 0 Å². The Labute approximate surface area is 380 Å². The van der Waals surface area contributed by atoms with Crippen LogP contribution in [0.5, 0.6) is 46.0 Å². The predicted molar refractivity (Wildman–Crippen MR) is 256 cm³/mol. The molecule has 4 aromatic rings.